The van der Waals surface area contributed by atoms with Gasteiger partial charge in [0.15, 0.2) is 0 Å². The molecule has 0 aromatic heterocycles. The van der Waals surface area contributed by atoms with Gasteiger partial charge in [-0.2, -0.15) is 0 Å². The summed E-state index contributed by atoms with van der Waals surface area (Å²) in [7, 11) is 0. The first-order chi connectivity index (χ1) is 13.6. The maximum atomic E-state index is 12.7. The van der Waals surface area contributed by atoms with Crippen molar-refractivity contribution >= 4 is 46.4 Å². The van der Waals surface area contributed by atoms with Crippen molar-refractivity contribution in [3.05, 3.63) is 62.1 Å². The van der Waals surface area contributed by atoms with E-state index in [9.17, 15) is 24.8 Å². The first-order valence-corrected chi connectivity index (χ1v) is 9.38. The molecule has 2 aromatic rings. The van der Waals surface area contributed by atoms with Crippen molar-refractivity contribution in [2.75, 3.05) is 5.32 Å². The SMILES string of the molecule is CC(C)CC(NC(=O)c1cc(Cl)ccc1O)C(=O)Nc1ccc([N+](=O)[O-])cc1Cl. The molecule has 0 heterocycles. The van der Waals surface area contributed by atoms with E-state index in [1.807, 2.05) is 13.8 Å². The molecule has 0 fully saturated rings. The molecule has 2 amide bonds. The summed E-state index contributed by atoms with van der Waals surface area (Å²) in [6.45, 7) is 3.75. The molecule has 2 rings (SSSR count). The van der Waals surface area contributed by atoms with Crippen LogP contribution in [0.4, 0.5) is 11.4 Å². The minimum Gasteiger partial charge on any atom is -0.507 e. The number of rotatable bonds is 7. The number of anilines is 1. The molecular formula is C19H19Cl2N3O5. The van der Waals surface area contributed by atoms with Crippen molar-refractivity contribution in [1.29, 1.82) is 0 Å². The lowest BCUT2D eigenvalue weighted by Crippen LogP contribution is -2.44. The van der Waals surface area contributed by atoms with Gasteiger partial charge in [-0.25, -0.2) is 0 Å². The molecular weight excluding hydrogens is 421 g/mol. The Morgan fingerprint density at radius 2 is 1.86 bits per heavy atom. The zero-order valence-electron chi connectivity index (χ0n) is 15.6. The van der Waals surface area contributed by atoms with Crippen LogP contribution in [0.3, 0.4) is 0 Å². The molecule has 8 nitrogen and oxygen atoms in total. The number of aromatic hydroxyl groups is 1. The number of nitro benzene ring substituents is 1. The Bertz CT molecular complexity index is 949. The molecule has 0 aliphatic heterocycles. The van der Waals surface area contributed by atoms with Crippen molar-refractivity contribution in [2.24, 2.45) is 5.92 Å². The number of amides is 2. The molecule has 0 spiro atoms. The van der Waals surface area contributed by atoms with E-state index in [4.69, 9.17) is 23.2 Å². The van der Waals surface area contributed by atoms with E-state index in [0.717, 1.165) is 6.07 Å². The Kier molecular flexibility index (Phi) is 7.41. The highest BCUT2D eigenvalue weighted by Gasteiger charge is 2.25. The summed E-state index contributed by atoms with van der Waals surface area (Å²) in [6, 6.07) is 6.72. The summed E-state index contributed by atoms with van der Waals surface area (Å²) in [5.41, 5.74) is -0.0974. The van der Waals surface area contributed by atoms with Crippen molar-refractivity contribution < 1.29 is 19.6 Å². The number of hydrogen-bond donors (Lipinski definition) is 3. The second kappa shape index (κ2) is 9.58. The van der Waals surface area contributed by atoms with Gasteiger partial charge in [0, 0.05) is 17.2 Å². The van der Waals surface area contributed by atoms with Crippen molar-refractivity contribution in [3.8, 4) is 5.75 Å². The van der Waals surface area contributed by atoms with E-state index >= 15 is 0 Å². The number of non-ortho nitro benzene ring substituents is 1. The lowest BCUT2D eigenvalue weighted by Gasteiger charge is -2.21. The number of nitrogens with one attached hydrogen (secondary N) is 2. The highest BCUT2D eigenvalue weighted by atomic mass is 35.5. The Hall–Kier alpha value is -2.84. The normalized spacial score (nSPS) is 11.8. The summed E-state index contributed by atoms with van der Waals surface area (Å²) >= 11 is 11.9. The largest absolute Gasteiger partial charge is 0.507 e. The molecule has 0 aliphatic rings. The smallest absolute Gasteiger partial charge is 0.271 e. The van der Waals surface area contributed by atoms with Crippen LogP contribution < -0.4 is 10.6 Å². The summed E-state index contributed by atoms with van der Waals surface area (Å²) in [4.78, 5) is 35.5. The lowest BCUT2D eigenvalue weighted by molar-refractivity contribution is -0.384. The molecule has 10 heteroatoms. The third kappa shape index (κ3) is 6.07. The standard InChI is InChI=1S/C19H19Cl2N3O5/c1-10(2)7-16(23-18(26)13-8-11(20)3-6-17(13)25)19(27)22-15-5-4-12(24(28)29)9-14(15)21/h3-6,8-10,16,25H,7H2,1-2H3,(H,22,27)(H,23,26). The molecule has 3 N–H and O–H groups in total. The summed E-state index contributed by atoms with van der Waals surface area (Å²) in [6.07, 6.45) is 0.309. The highest BCUT2D eigenvalue weighted by molar-refractivity contribution is 6.34. The van der Waals surface area contributed by atoms with Crippen LogP contribution in [0.1, 0.15) is 30.6 Å². The topological polar surface area (TPSA) is 122 Å². The first-order valence-electron chi connectivity index (χ1n) is 8.62. The third-order valence-corrected chi connectivity index (χ3v) is 4.50. The summed E-state index contributed by atoms with van der Waals surface area (Å²) in [5, 5.41) is 26.1. The number of halogens is 2. The van der Waals surface area contributed by atoms with Gasteiger partial charge in [0.1, 0.15) is 11.8 Å². The van der Waals surface area contributed by atoms with Gasteiger partial charge in [0.25, 0.3) is 11.6 Å². The van der Waals surface area contributed by atoms with Crippen LogP contribution in [0.25, 0.3) is 0 Å². The minimum atomic E-state index is -0.938. The van der Waals surface area contributed by atoms with Crippen LogP contribution in [0.15, 0.2) is 36.4 Å². The number of hydrogen-bond acceptors (Lipinski definition) is 5. The fourth-order valence-electron chi connectivity index (χ4n) is 2.57. The molecule has 1 unspecified atom stereocenters. The highest BCUT2D eigenvalue weighted by Crippen LogP contribution is 2.27. The number of carbonyl (C=O) groups is 2. The molecule has 0 saturated heterocycles. The average Bonchev–Trinajstić information content (AvgIpc) is 2.64. The van der Waals surface area contributed by atoms with Gasteiger partial charge < -0.3 is 15.7 Å². The second-order valence-corrected chi connectivity index (χ2v) is 7.57. The maximum Gasteiger partial charge on any atom is 0.271 e. The third-order valence-electron chi connectivity index (χ3n) is 3.95. The average molecular weight is 440 g/mol. The van der Waals surface area contributed by atoms with Crippen molar-refractivity contribution in [3.63, 3.8) is 0 Å². The van der Waals surface area contributed by atoms with Gasteiger partial charge in [0.05, 0.1) is 21.2 Å². The number of nitro groups is 1. The van der Waals surface area contributed by atoms with E-state index in [1.165, 1.54) is 30.3 Å². The Morgan fingerprint density at radius 1 is 1.17 bits per heavy atom. The van der Waals surface area contributed by atoms with E-state index < -0.39 is 22.8 Å². The first kappa shape index (κ1) is 22.4. The van der Waals surface area contributed by atoms with Gasteiger partial charge >= 0.3 is 0 Å². The Balaban J connectivity index is 2.21. The molecule has 0 radical (unpaired) electrons. The maximum absolute atomic E-state index is 12.7. The van der Waals surface area contributed by atoms with Crippen molar-refractivity contribution in [1.82, 2.24) is 5.32 Å². The zero-order chi connectivity index (χ0) is 21.7. The Labute approximate surface area is 177 Å². The number of benzene rings is 2. The van der Waals surface area contributed by atoms with Crippen LogP contribution in [-0.2, 0) is 4.79 Å². The molecule has 1 atom stereocenters. The van der Waals surface area contributed by atoms with E-state index in [1.54, 1.807) is 0 Å². The zero-order valence-corrected chi connectivity index (χ0v) is 17.1. The predicted molar refractivity (Wildman–Crippen MR) is 111 cm³/mol. The molecule has 0 saturated carbocycles. The number of phenolic OH excluding ortho intramolecular Hbond substituents is 1. The second-order valence-electron chi connectivity index (χ2n) is 6.73. The summed E-state index contributed by atoms with van der Waals surface area (Å²) < 4.78 is 0. The molecule has 0 bridgehead atoms. The van der Waals surface area contributed by atoms with Crippen LogP contribution >= 0.6 is 23.2 Å². The van der Waals surface area contributed by atoms with Gasteiger partial charge in [-0.05, 0) is 36.6 Å². The van der Waals surface area contributed by atoms with Gasteiger partial charge in [0.2, 0.25) is 5.91 Å². The number of phenols is 1. The summed E-state index contributed by atoms with van der Waals surface area (Å²) in [5.74, 6) is -1.43. The van der Waals surface area contributed by atoms with Crippen LogP contribution in [0, 0.1) is 16.0 Å². The van der Waals surface area contributed by atoms with Crippen molar-refractivity contribution in [2.45, 2.75) is 26.3 Å². The van der Waals surface area contributed by atoms with Crippen LogP contribution in [0.2, 0.25) is 10.0 Å². The van der Waals surface area contributed by atoms with Gasteiger partial charge in [-0.1, -0.05) is 37.0 Å². The van der Waals surface area contributed by atoms with E-state index in [0.29, 0.717) is 6.42 Å². The predicted octanol–water partition coefficient (Wildman–Crippen LogP) is 4.39. The van der Waals surface area contributed by atoms with E-state index in [2.05, 4.69) is 10.6 Å². The minimum absolute atomic E-state index is 0.00495. The van der Waals surface area contributed by atoms with E-state index in [-0.39, 0.29) is 38.7 Å². The van der Waals surface area contributed by atoms with Crippen LogP contribution in [-0.4, -0.2) is 27.9 Å². The monoisotopic (exact) mass is 439 g/mol. The quantitative estimate of drug-likeness (QED) is 0.436. The fraction of sp³-hybridized carbons (Fsp3) is 0.263. The molecule has 29 heavy (non-hydrogen) atoms. The van der Waals surface area contributed by atoms with Gasteiger partial charge in [-0.3, -0.25) is 19.7 Å². The molecule has 0 aliphatic carbocycles. The molecule has 154 valence electrons. The number of nitrogens with zero attached hydrogens (tertiary/aromatic N) is 1. The lowest BCUT2D eigenvalue weighted by atomic mass is 10.0. The Morgan fingerprint density at radius 3 is 2.45 bits per heavy atom. The van der Waals surface area contributed by atoms with Gasteiger partial charge in [-0.15, -0.1) is 0 Å². The number of carbonyl (C=O) groups excluding carboxylic acids is 2. The molecule has 2 aromatic carbocycles. The van der Waals surface area contributed by atoms with Crippen LogP contribution in [0.5, 0.6) is 5.75 Å². The fourth-order valence-corrected chi connectivity index (χ4v) is 2.96.